The summed E-state index contributed by atoms with van der Waals surface area (Å²) in [5.74, 6) is -0.128. The molecule has 1 amide bonds. The standard InChI is InChI=1S/C19H18FNO2/c1-12(2)18(13-7-9-15(20)10-8-13)21-19(22)17-11-14-5-3-4-6-16(14)23-17/h3-12,18H,1-2H3,(H,21,22)/t18-/m1/s1. The summed E-state index contributed by atoms with van der Waals surface area (Å²) in [7, 11) is 0. The van der Waals surface area contributed by atoms with Crippen LogP contribution >= 0.6 is 0 Å². The summed E-state index contributed by atoms with van der Waals surface area (Å²) in [6, 6.07) is 15.2. The molecule has 3 aromatic rings. The minimum Gasteiger partial charge on any atom is -0.451 e. The summed E-state index contributed by atoms with van der Waals surface area (Å²) >= 11 is 0. The van der Waals surface area contributed by atoms with Gasteiger partial charge in [-0.25, -0.2) is 4.39 Å². The highest BCUT2D eigenvalue weighted by atomic mass is 19.1. The van der Waals surface area contributed by atoms with Crippen LogP contribution in [-0.4, -0.2) is 5.91 Å². The molecule has 0 fully saturated rings. The molecular formula is C19H18FNO2. The molecule has 0 unspecified atom stereocenters. The largest absolute Gasteiger partial charge is 0.451 e. The van der Waals surface area contributed by atoms with Gasteiger partial charge in [0.1, 0.15) is 11.4 Å². The van der Waals surface area contributed by atoms with Crippen molar-refractivity contribution in [1.82, 2.24) is 5.32 Å². The normalized spacial score (nSPS) is 12.5. The van der Waals surface area contributed by atoms with Crippen LogP contribution in [-0.2, 0) is 0 Å². The minimum absolute atomic E-state index is 0.161. The van der Waals surface area contributed by atoms with Gasteiger partial charge in [-0.2, -0.15) is 0 Å². The molecule has 118 valence electrons. The zero-order chi connectivity index (χ0) is 16.4. The predicted octanol–water partition coefficient (Wildman–Crippen LogP) is 4.70. The van der Waals surface area contributed by atoms with Crippen LogP contribution in [0, 0.1) is 11.7 Å². The molecule has 0 saturated heterocycles. The van der Waals surface area contributed by atoms with Crippen molar-refractivity contribution in [3.05, 3.63) is 71.7 Å². The quantitative estimate of drug-likeness (QED) is 0.759. The van der Waals surface area contributed by atoms with E-state index in [0.29, 0.717) is 5.58 Å². The van der Waals surface area contributed by atoms with E-state index in [9.17, 15) is 9.18 Å². The molecular weight excluding hydrogens is 293 g/mol. The third-order valence-electron chi connectivity index (χ3n) is 3.83. The smallest absolute Gasteiger partial charge is 0.287 e. The van der Waals surface area contributed by atoms with Gasteiger partial charge in [-0.05, 0) is 35.7 Å². The van der Waals surface area contributed by atoms with Crippen molar-refractivity contribution in [1.29, 1.82) is 0 Å². The van der Waals surface area contributed by atoms with Crippen molar-refractivity contribution in [2.75, 3.05) is 0 Å². The van der Waals surface area contributed by atoms with E-state index in [1.54, 1.807) is 18.2 Å². The lowest BCUT2D eigenvalue weighted by molar-refractivity contribution is 0.0899. The van der Waals surface area contributed by atoms with Gasteiger partial charge < -0.3 is 9.73 Å². The third kappa shape index (κ3) is 3.26. The van der Waals surface area contributed by atoms with Crippen LogP contribution in [0.5, 0.6) is 0 Å². The first kappa shape index (κ1) is 15.3. The number of nitrogens with one attached hydrogen (secondary N) is 1. The number of amides is 1. The number of halogens is 1. The van der Waals surface area contributed by atoms with Crippen molar-refractivity contribution in [2.24, 2.45) is 5.92 Å². The number of benzene rings is 2. The lowest BCUT2D eigenvalue weighted by Gasteiger charge is -2.22. The van der Waals surface area contributed by atoms with E-state index < -0.39 is 0 Å². The monoisotopic (exact) mass is 311 g/mol. The first-order valence-electron chi connectivity index (χ1n) is 7.59. The second kappa shape index (κ2) is 6.24. The summed E-state index contributed by atoms with van der Waals surface area (Å²) in [6.45, 7) is 4.01. The van der Waals surface area contributed by atoms with Crippen LogP contribution in [0.4, 0.5) is 4.39 Å². The number of hydrogen-bond acceptors (Lipinski definition) is 2. The first-order valence-corrected chi connectivity index (χ1v) is 7.59. The zero-order valence-corrected chi connectivity index (χ0v) is 13.0. The number of hydrogen-bond donors (Lipinski definition) is 1. The van der Waals surface area contributed by atoms with Crippen molar-refractivity contribution in [2.45, 2.75) is 19.9 Å². The van der Waals surface area contributed by atoms with Crippen LogP contribution in [0.25, 0.3) is 11.0 Å². The molecule has 23 heavy (non-hydrogen) atoms. The summed E-state index contributed by atoms with van der Waals surface area (Å²) in [6.07, 6.45) is 0. The average molecular weight is 311 g/mol. The molecule has 0 saturated carbocycles. The van der Waals surface area contributed by atoms with Crippen LogP contribution in [0.15, 0.2) is 59.0 Å². The molecule has 0 bridgehead atoms. The highest BCUT2D eigenvalue weighted by molar-refractivity contribution is 5.96. The van der Waals surface area contributed by atoms with Gasteiger partial charge in [-0.1, -0.05) is 44.2 Å². The number of carbonyl (C=O) groups excluding carboxylic acids is 1. The maximum atomic E-state index is 13.1. The second-order valence-electron chi connectivity index (χ2n) is 5.90. The Morgan fingerprint density at radius 2 is 1.78 bits per heavy atom. The van der Waals surface area contributed by atoms with Gasteiger partial charge >= 0.3 is 0 Å². The van der Waals surface area contributed by atoms with E-state index in [1.165, 1.54) is 12.1 Å². The fourth-order valence-electron chi connectivity index (χ4n) is 2.61. The van der Waals surface area contributed by atoms with E-state index in [2.05, 4.69) is 5.32 Å². The Balaban J connectivity index is 1.84. The van der Waals surface area contributed by atoms with E-state index in [-0.39, 0.29) is 29.4 Å². The highest BCUT2D eigenvalue weighted by Crippen LogP contribution is 2.24. The number of para-hydroxylation sites is 1. The Kier molecular flexibility index (Phi) is 4.15. The number of rotatable bonds is 4. The summed E-state index contributed by atoms with van der Waals surface area (Å²) in [5, 5.41) is 3.86. The maximum Gasteiger partial charge on any atom is 0.287 e. The van der Waals surface area contributed by atoms with E-state index >= 15 is 0 Å². The van der Waals surface area contributed by atoms with E-state index in [0.717, 1.165) is 10.9 Å². The molecule has 1 aromatic heterocycles. The Hall–Kier alpha value is -2.62. The topological polar surface area (TPSA) is 42.2 Å². The molecule has 1 N–H and O–H groups in total. The van der Waals surface area contributed by atoms with Gasteiger partial charge in [0.25, 0.3) is 5.91 Å². The van der Waals surface area contributed by atoms with Gasteiger partial charge in [0.05, 0.1) is 6.04 Å². The van der Waals surface area contributed by atoms with Crippen molar-refractivity contribution in [3.8, 4) is 0 Å². The predicted molar refractivity (Wildman–Crippen MR) is 87.7 cm³/mol. The van der Waals surface area contributed by atoms with Crippen molar-refractivity contribution < 1.29 is 13.6 Å². The van der Waals surface area contributed by atoms with Crippen molar-refractivity contribution in [3.63, 3.8) is 0 Å². The first-order chi connectivity index (χ1) is 11.0. The Morgan fingerprint density at radius 3 is 2.43 bits per heavy atom. The molecule has 0 aliphatic rings. The zero-order valence-electron chi connectivity index (χ0n) is 13.0. The Labute approximate surface area is 134 Å². The molecule has 1 heterocycles. The summed E-state index contributed by atoms with van der Waals surface area (Å²) in [4.78, 5) is 12.5. The molecule has 2 aromatic carbocycles. The molecule has 0 aliphatic heterocycles. The van der Waals surface area contributed by atoms with Gasteiger partial charge in [0, 0.05) is 5.39 Å². The lowest BCUT2D eigenvalue weighted by atomic mass is 9.96. The van der Waals surface area contributed by atoms with Gasteiger partial charge in [0.2, 0.25) is 0 Å². The van der Waals surface area contributed by atoms with Gasteiger partial charge in [-0.15, -0.1) is 0 Å². The SMILES string of the molecule is CC(C)[C@@H](NC(=O)c1cc2ccccc2o1)c1ccc(F)cc1. The highest BCUT2D eigenvalue weighted by Gasteiger charge is 2.21. The fraction of sp³-hybridized carbons (Fsp3) is 0.211. The van der Waals surface area contributed by atoms with Crippen LogP contribution in [0.2, 0.25) is 0 Å². The van der Waals surface area contributed by atoms with Gasteiger partial charge in [0.15, 0.2) is 5.76 Å². The minimum atomic E-state index is -0.292. The van der Waals surface area contributed by atoms with Crippen LogP contribution < -0.4 is 5.32 Å². The fourth-order valence-corrected chi connectivity index (χ4v) is 2.61. The molecule has 3 nitrogen and oxygen atoms in total. The number of fused-ring (bicyclic) bond motifs is 1. The Bertz CT molecular complexity index is 788. The number of carbonyl (C=O) groups is 1. The van der Waals surface area contributed by atoms with Gasteiger partial charge in [-0.3, -0.25) is 4.79 Å². The maximum absolute atomic E-state index is 13.1. The molecule has 0 aliphatic carbocycles. The number of furan rings is 1. The molecule has 0 spiro atoms. The second-order valence-corrected chi connectivity index (χ2v) is 5.90. The summed E-state index contributed by atoms with van der Waals surface area (Å²) < 4.78 is 18.7. The Morgan fingerprint density at radius 1 is 1.09 bits per heavy atom. The van der Waals surface area contributed by atoms with E-state index in [1.807, 2.05) is 38.1 Å². The molecule has 4 heteroatoms. The molecule has 0 radical (unpaired) electrons. The van der Waals surface area contributed by atoms with Crippen LogP contribution in [0.1, 0.15) is 36.0 Å². The lowest BCUT2D eigenvalue weighted by Crippen LogP contribution is -2.31. The van der Waals surface area contributed by atoms with E-state index in [4.69, 9.17) is 4.42 Å². The van der Waals surface area contributed by atoms with Crippen molar-refractivity contribution >= 4 is 16.9 Å². The molecule has 3 rings (SSSR count). The molecule has 1 atom stereocenters. The summed E-state index contributed by atoms with van der Waals surface area (Å²) in [5.41, 5.74) is 1.55. The average Bonchev–Trinajstić information content (AvgIpc) is 2.97. The van der Waals surface area contributed by atoms with Crippen LogP contribution in [0.3, 0.4) is 0 Å². The third-order valence-corrected chi connectivity index (χ3v) is 3.83.